The number of benzene rings is 1. The van der Waals surface area contributed by atoms with Gasteiger partial charge in [-0.3, -0.25) is 0 Å². The monoisotopic (exact) mass is 255 g/mol. The number of hydrogen-bond acceptors (Lipinski definition) is 2. The van der Waals surface area contributed by atoms with Crippen molar-refractivity contribution in [2.75, 3.05) is 26.7 Å². The van der Waals surface area contributed by atoms with Gasteiger partial charge in [0.15, 0.2) is 0 Å². The van der Waals surface area contributed by atoms with Gasteiger partial charge in [0.25, 0.3) is 0 Å². The lowest BCUT2D eigenvalue weighted by molar-refractivity contribution is 0.261. The van der Waals surface area contributed by atoms with E-state index in [0.717, 1.165) is 30.3 Å². The van der Waals surface area contributed by atoms with Crippen LogP contribution in [-0.4, -0.2) is 31.6 Å². The van der Waals surface area contributed by atoms with Gasteiger partial charge in [-0.05, 0) is 50.7 Å². The average Bonchev–Trinajstić information content (AvgIpc) is 2.34. The molecule has 96 valence electrons. The largest absolute Gasteiger partial charge is 0.494 e. The molecule has 0 saturated heterocycles. The van der Waals surface area contributed by atoms with E-state index in [9.17, 15) is 0 Å². The molecule has 0 N–H and O–H groups in total. The number of hydrogen-bond donors (Lipinski definition) is 0. The maximum Gasteiger partial charge on any atom is 0.119 e. The molecule has 1 aromatic carbocycles. The lowest BCUT2D eigenvalue weighted by Gasteiger charge is -2.16. The second-order valence-electron chi connectivity index (χ2n) is 4.31. The molecule has 17 heavy (non-hydrogen) atoms. The molecule has 0 heterocycles. The molecule has 0 aromatic heterocycles. The molecule has 3 heteroatoms. The molecule has 0 aliphatic carbocycles. The van der Waals surface area contributed by atoms with E-state index >= 15 is 0 Å². The van der Waals surface area contributed by atoms with E-state index in [0.29, 0.717) is 0 Å². The van der Waals surface area contributed by atoms with Crippen LogP contribution in [0, 0.1) is 0 Å². The van der Waals surface area contributed by atoms with Gasteiger partial charge in [-0.15, -0.1) is 0 Å². The van der Waals surface area contributed by atoms with Crippen LogP contribution in [0.3, 0.4) is 0 Å². The summed E-state index contributed by atoms with van der Waals surface area (Å²) in [7, 11) is 2.16. The van der Waals surface area contributed by atoms with Crippen molar-refractivity contribution < 1.29 is 4.74 Å². The van der Waals surface area contributed by atoms with Crippen molar-refractivity contribution >= 4 is 11.6 Å². The maximum absolute atomic E-state index is 5.80. The Labute approximate surface area is 110 Å². The molecule has 1 rings (SSSR count). The Morgan fingerprint density at radius 1 is 1.12 bits per heavy atom. The standard InChI is InChI=1S/C14H22ClNO/c1-3-4-10-16(2)11-5-12-17-14-8-6-13(15)7-9-14/h6-9H,3-5,10-12H2,1-2H3. The van der Waals surface area contributed by atoms with E-state index in [1.165, 1.54) is 19.4 Å². The highest BCUT2D eigenvalue weighted by Gasteiger charge is 1.98. The van der Waals surface area contributed by atoms with Crippen molar-refractivity contribution in [3.63, 3.8) is 0 Å². The first-order valence-electron chi connectivity index (χ1n) is 6.29. The SMILES string of the molecule is CCCCN(C)CCCOc1ccc(Cl)cc1. The summed E-state index contributed by atoms with van der Waals surface area (Å²) in [6.07, 6.45) is 3.59. The molecule has 2 nitrogen and oxygen atoms in total. The summed E-state index contributed by atoms with van der Waals surface area (Å²) >= 11 is 5.80. The highest BCUT2D eigenvalue weighted by molar-refractivity contribution is 6.30. The van der Waals surface area contributed by atoms with Crippen LogP contribution in [-0.2, 0) is 0 Å². The van der Waals surface area contributed by atoms with Crippen molar-refractivity contribution in [3.8, 4) is 5.75 Å². The highest BCUT2D eigenvalue weighted by Crippen LogP contribution is 2.15. The van der Waals surface area contributed by atoms with Crippen molar-refractivity contribution in [1.29, 1.82) is 0 Å². The molecular formula is C14H22ClNO. The zero-order valence-electron chi connectivity index (χ0n) is 10.8. The van der Waals surface area contributed by atoms with Crippen LogP contribution >= 0.6 is 11.6 Å². The third-order valence-corrected chi connectivity index (χ3v) is 2.91. The first-order chi connectivity index (χ1) is 8.22. The summed E-state index contributed by atoms with van der Waals surface area (Å²) in [4.78, 5) is 2.36. The van der Waals surface area contributed by atoms with Crippen LogP contribution in [0.4, 0.5) is 0 Å². The molecule has 0 amide bonds. The fourth-order valence-corrected chi connectivity index (χ4v) is 1.72. The van der Waals surface area contributed by atoms with Crippen LogP contribution in [0.5, 0.6) is 5.75 Å². The van der Waals surface area contributed by atoms with E-state index in [1.807, 2.05) is 24.3 Å². The predicted octanol–water partition coefficient (Wildman–Crippen LogP) is 3.84. The molecule has 0 radical (unpaired) electrons. The topological polar surface area (TPSA) is 12.5 Å². The quantitative estimate of drug-likeness (QED) is 0.655. The molecule has 0 aliphatic heterocycles. The fourth-order valence-electron chi connectivity index (χ4n) is 1.60. The van der Waals surface area contributed by atoms with Gasteiger partial charge in [0.2, 0.25) is 0 Å². The number of ether oxygens (including phenoxy) is 1. The number of nitrogens with zero attached hydrogens (tertiary/aromatic N) is 1. The minimum Gasteiger partial charge on any atom is -0.494 e. The molecule has 0 saturated carbocycles. The Morgan fingerprint density at radius 3 is 2.41 bits per heavy atom. The highest BCUT2D eigenvalue weighted by atomic mass is 35.5. The lowest BCUT2D eigenvalue weighted by atomic mass is 10.3. The Kier molecular flexibility index (Phi) is 7.06. The zero-order valence-corrected chi connectivity index (χ0v) is 11.5. The molecule has 1 aromatic rings. The Balaban J connectivity index is 2.09. The summed E-state index contributed by atoms with van der Waals surface area (Å²) in [6, 6.07) is 7.51. The van der Waals surface area contributed by atoms with Crippen LogP contribution in [0.1, 0.15) is 26.2 Å². The first-order valence-corrected chi connectivity index (χ1v) is 6.67. The maximum atomic E-state index is 5.80. The number of unbranched alkanes of at least 4 members (excludes halogenated alkanes) is 1. The van der Waals surface area contributed by atoms with E-state index < -0.39 is 0 Å². The van der Waals surface area contributed by atoms with Gasteiger partial charge >= 0.3 is 0 Å². The minimum absolute atomic E-state index is 0.747. The van der Waals surface area contributed by atoms with Crippen LogP contribution in [0.2, 0.25) is 5.02 Å². The van der Waals surface area contributed by atoms with Crippen molar-refractivity contribution in [2.45, 2.75) is 26.2 Å². The first kappa shape index (κ1) is 14.3. The van der Waals surface area contributed by atoms with E-state index in [4.69, 9.17) is 16.3 Å². The normalized spacial score (nSPS) is 10.8. The summed E-state index contributed by atoms with van der Waals surface area (Å²) in [5, 5.41) is 0.747. The summed E-state index contributed by atoms with van der Waals surface area (Å²) < 4.78 is 5.63. The molecule has 0 spiro atoms. The van der Waals surface area contributed by atoms with Crippen LogP contribution < -0.4 is 4.74 Å². The minimum atomic E-state index is 0.747. The fraction of sp³-hybridized carbons (Fsp3) is 0.571. The van der Waals surface area contributed by atoms with E-state index in [1.54, 1.807) is 0 Å². The van der Waals surface area contributed by atoms with Gasteiger partial charge in [0.05, 0.1) is 6.61 Å². The zero-order chi connectivity index (χ0) is 12.5. The molecular weight excluding hydrogens is 234 g/mol. The molecule has 0 unspecified atom stereocenters. The van der Waals surface area contributed by atoms with Crippen molar-refractivity contribution in [3.05, 3.63) is 29.3 Å². The van der Waals surface area contributed by atoms with Gasteiger partial charge in [0.1, 0.15) is 5.75 Å². The average molecular weight is 256 g/mol. The summed E-state index contributed by atoms with van der Waals surface area (Å²) in [5.41, 5.74) is 0. The smallest absolute Gasteiger partial charge is 0.119 e. The van der Waals surface area contributed by atoms with Crippen LogP contribution in [0.15, 0.2) is 24.3 Å². The van der Waals surface area contributed by atoms with Gasteiger partial charge in [-0.2, -0.15) is 0 Å². The third-order valence-electron chi connectivity index (χ3n) is 2.66. The third kappa shape index (κ3) is 6.54. The molecule has 0 bridgehead atoms. The van der Waals surface area contributed by atoms with E-state index in [-0.39, 0.29) is 0 Å². The lowest BCUT2D eigenvalue weighted by Crippen LogP contribution is -2.22. The van der Waals surface area contributed by atoms with Gasteiger partial charge in [0, 0.05) is 11.6 Å². The van der Waals surface area contributed by atoms with Gasteiger partial charge in [-0.25, -0.2) is 0 Å². The molecule has 0 aliphatic rings. The second-order valence-corrected chi connectivity index (χ2v) is 4.75. The summed E-state index contributed by atoms with van der Waals surface area (Å²) in [5.74, 6) is 0.894. The van der Waals surface area contributed by atoms with Crippen LogP contribution in [0.25, 0.3) is 0 Å². The van der Waals surface area contributed by atoms with Crippen molar-refractivity contribution in [1.82, 2.24) is 4.90 Å². The Morgan fingerprint density at radius 2 is 1.76 bits per heavy atom. The number of halogens is 1. The van der Waals surface area contributed by atoms with Gasteiger partial charge < -0.3 is 9.64 Å². The van der Waals surface area contributed by atoms with Crippen molar-refractivity contribution in [2.24, 2.45) is 0 Å². The Bertz CT molecular complexity index is 300. The molecule has 0 fully saturated rings. The number of rotatable bonds is 8. The van der Waals surface area contributed by atoms with E-state index in [2.05, 4.69) is 18.9 Å². The summed E-state index contributed by atoms with van der Waals surface area (Å²) in [6.45, 7) is 5.25. The molecule has 0 atom stereocenters. The predicted molar refractivity (Wildman–Crippen MR) is 74.0 cm³/mol. The Hall–Kier alpha value is -0.730. The second kappa shape index (κ2) is 8.37. The van der Waals surface area contributed by atoms with Gasteiger partial charge in [-0.1, -0.05) is 24.9 Å².